The summed E-state index contributed by atoms with van der Waals surface area (Å²) >= 11 is 6.00. The molecule has 2 heterocycles. The number of methoxy groups -OCH3 is 1. The minimum atomic E-state index is 0.205. The smallest absolute Gasteiger partial charge is 0.209 e. The first-order chi connectivity index (χ1) is 13.7. The molecule has 0 radical (unpaired) electrons. The second-order valence-electron chi connectivity index (χ2n) is 6.96. The van der Waals surface area contributed by atoms with E-state index in [-0.39, 0.29) is 6.04 Å². The lowest BCUT2D eigenvalue weighted by atomic mass is 10.0. The first kappa shape index (κ1) is 19.0. The fourth-order valence-electron chi connectivity index (χ4n) is 3.75. The number of nitrogens with one attached hydrogen (secondary N) is 1. The van der Waals surface area contributed by atoms with Crippen molar-refractivity contribution in [2.75, 3.05) is 26.7 Å². The molecule has 28 heavy (non-hydrogen) atoms. The summed E-state index contributed by atoms with van der Waals surface area (Å²) in [6.45, 7) is 5.35. The number of ether oxygens (including phenoxy) is 1. The molecule has 1 saturated heterocycles. The molecule has 146 valence electrons. The highest BCUT2D eigenvalue weighted by Crippen LogP contribution is 2.32. The van der Waals surface area contributed by atoms with Crippen LogP contribution in [0.15, 0.2) is 52.9 Å². The maximum absolute atomic E-state index is 6.14. The predicted molar refractivity (Wildman–Crippen MR) is 111 cm³/mol. The number of halogens is 1. The predicted octanol–water partition coefficient (Wildman–Crippen LogP) is 4.46. The van der Waals surface area contributed by atoms with E-state index in [1.807, 2.05) is 43.3 Å². The number of benzene rings is 2. The molecule has 0 aliphatic carbocycles. The van der Waals surface area contributed by atoms with E-state index in [2.05, 4.69) is 27.3 Å². The third-order valence-electron chi connectivity index (χ3n) is 5.14. The highest BCUT2D eigenvalue weighted by atomic mass is 35.5. The van der Waals surface area contributed by atoms with Crippen molar-refractivity contribution in [2.45, 2.75) is 19.5 Å². The lowest BCUT2D eigenvalue weighted by Crippen LogP contribution is -2.45. The Hall–Kier alpha value is -2.34. The van der Waals surface area contributed by atoms with Crippen LogP contribution in [0.2, 0.25) is 5.02 Å². The van der Waals surface area contributed by atoms with Gasteiger partial charge in [0.1, 0.15) is 5.75 Å². The molecule has 1 aliphatic heterocycles. The molecule has 1 aromatic heterocycles. The van der Waals surface area contributed by atoms with Gasteiger partial charge in [0.15, 0.2) is 5.76 Å². The van der Waals surface area contributed by atoms with Crippen molar-refractivity contribution < 1.29 is 9.15 Å². The van der Waals surface area contributed by atoms with Gasteiger partial charge in [-0.2, -0.15) is 0 Å². The third kappa shape index (κ3) is 3.92. The van der Waals surface area contributed by atoms with Crippen molar-refractivity contribution in [3.8, 4) is 17.1 Å². The Kier molecular flexibility index (Phi) is 5.67. The Labute approximate surface area is 170 Å². The fourth-order valence-corrected chi connectivity index (χ4v) is 3.87. The van der Waals surface area contributed by atoms with Gasteiger partial charge >= 0.3 is 0 Å². The molecule has 1 unspecified atom stereocenters. The van der Waals surface area contributed by atoms with Crippen LogP contribution in [0.1, 0.15) is 23.2 Å². The number of aromatic nitrogens is 1. The van der Waals surface area contributed by atoms with Gasteiger partial charge < -0.3 is 14.5 Å². The molecule has 5 nitrogen and oxygen atoms in total. The summed E-state index contributed by atoms with van der Waals surface area (Å²) in [7, 11) is 1.72. The standard InChI is InChI=1S/C22H24ClN3O2/c1-15-22(16-7-9-17(23)10-8-16)28-21(25-15)14-26-12-11-24-13-19(26)18-5-3-4-6-20(18)27-2/h3-10,19,24H,11-14H2,1-2H3. The number of nitrogens with zero attached hydrogens (tertiary/aromatic N) is 2. The first-order valence-electron chi connectivity index (χ1n) is 9.45. The summed E-state index contributed by atoms with van der Waals surface area (Å²) < 4.78 is 11.7. The fraction of sp³-hybridized carbons (Fsp3) is 0.318. The molecular formula is C22H24ClN3O2. The van der Waals surface area contributed by atoms with Crippen LogP contribution in [0.5, 0.6) is 5.75 Å². The van der Waals surface area contributed by atoms with E-state index in [1.54, 1.807) is 7.11 Å². The zero-order valence-corrected chi connectivity index (χ0v) is 16.9. The van der Waals surface area contributed by atoms with Gasteiger partial charge in [0.25, 0.3) is 0 Å². The maximum Gasteiger partial charge on any atom is 0.209 e. The maximum atomic E-state index is 6.14. The number of rotatable bonds is 5. The minimum Gasteiger partial charge on any atom is -0.496 e. The molecule has 1 aliphatic rings. The van der Waals surface area contributed by atoms with Gasteiger partial charge in [-0.25, -0.2) is 4.98 Å². The molecule has 2 aromatic carbocycles. The Balaban J connectivity index is 1.58. The Bertz CT molecular complexity index is 939. The lowest BCUT2D eigenvalue weighted by molar-refractivity contribution is 0.138. The van der Waals surface area contributed by atoms with Crippen molar-refractivity contribution in [1.82, 2.24) is 15.2 Å². The molecule has 0 bridgehead atoms. The normalized spacial score (nSPS) is 17.6. The van der Waals surface area contributed by atoms with Crippen molar-refractivity contribution in [3.63, 3.8) is 0 Å². The summed E-state index contributed by atoms with van der Waals surface area (Å²) in [5.74, 6) is 2.44. The molecule has 0 saturated carbocycles. The number of hydrogen-bond acceptors (Lipinski definition) is 5. The Morgan fingerprint density at radius 1 is 1.21 bits per heavy atom. The van der Waals surface area contributed by atoms with Crippen molar-refractivity contribution in [1.29, 1.82) is 0 Å². The van der Waals surface area contributed by atoms with Crippen LogP contribution in [0.25, 0.3) is 11.3 Å². The largest absolute Gasteiger partial charge is 0.496 e. The first-order valence-corrected chi connectivity index (χ1v) is 9.83. The number of oxazole rings is 1. The molecular weight excluding hydrogens is 374 g/mol. The van der Waals surface area contributed by atoms with E-state index in [0.29, 0.717) is 11.6 Å². The van der Waals surface area contributed by atoms with E-state index in [4.69, 9.17) is 20.8 Å². The summed E-state index contributed by atoms with van der Waals surface area (Å²) in [5.41, 5.74) is 3.06. The SMILES string of the molecule is COc1ccccc1C1CNCCN1Cc1nc(C)c(-c2ccc(Cl)cc2)o1. The summed E-state index contributed by atoms with van der Waals surface area (Å²) in [4.78, 5) is 7.08. The van der Waals surface area contributed by atoms with E-state index >= 15 is 0 Å². The molecule has 0 amide bonds. The summed E-state index contributed by atoms with van der Waals surface area (Å²) in [6.07, 6.45) is 0. The molecule has 3 aromatic rings. The molecule has 1 atom stereocenters. The van der Waals surface area contributed by atoms with Gasteiger partial charge in [-0.3, -0.25) is 4.90 Å². The van der Waals surface area contributed by atoms with Crippen molar-refractivity contribution in [3.05, 3.63) is 70.7 Å². The molecule has 1 fully saturated rings. The van der Waals surface area contributed by atoms with Crippen molar-refractivity contribution >= 4 is 11.6 Å². The molecule has 1 N–H and O–H groups in total. The summed E-state index contributed by atoms with van der Waals surface area (Å²) in [6, 6.07) is 16.1. The second-order valence-corrected chi connectivity index (χ2v) is 7.40. The summed E-state index contributed by atoms with van der Waals surface area (Å²) in [5, 5.41) is 4.20. The Morgan fingerprint density at radius 2 is 2.00 bits per heavy atom. The molecule has 4 rings (SSSR count). The van der Waals surface area contributed by atoms with Crippen LogP contribution in [0, 0.1) is 6.92 Å². The van der Waals surface area contributed by atoms with Crippen LogP contribution in [-0.4, -0.2) is 36.6 Å². The topological polar surface area (TPSA) is 50.5 Å². The van der Waals surface area contributed by atoms with Crippen LogP contribution in [0.3, 0.4) is 0 Å². The third-order valence-corrected chi connectivity index (χ3v) is 5.39. The van der Waals surface area contributed by atoms with Crippen molar-refractivity contribution in [2.24, 2.45) is 0 Å². The van der Waals surface area contributed by atoms with Gasteiger partial charge in [0.2, 0.25) is 5.89 Å². The molecule has 0 spiro atoms. The number of aryl methyl sites for hydroxylation is 1. The van der Waals surface area contributed by atoms with Gasteiger partial charge in [-0.1, -0.05) is 29.8 Å². The van der Waals surface area contributed by atoms with Gasteiger partial charge in [0, 0.05) is 35.8 Å². The zero-order valence-electron chi connectivity index (χ0n) is 16.1. The van der Waals surface area contributed by atoms with Gasteiger partial charge in [0.05, 0.1) is 25.4 Å². The average Bonchev–Trinajstić information content (AvgIpc) is 3.09. The highest BCUT2D eigenvalue weighted by molar-refractivity contribution is 6.30. The quantitative estimate of drug-likeness (QED) is 0.688. The van der Waals surface area contributed by atoms with Gasteiger partial charge in [-0.05, 0) is 37.3 Å². The van der Waals surface area contributed by atoms with E-state index < -0.39 is 0 Å². The van der Waals surface area contributed by atoms with Crippen LogP contribution < -0.4 is 10.1 Å². The number of hydrogen-bond donors (Lipinski definition) is 1. The van der Waals surface area contributed by atoms with E-state index in [0.717, 1.165) is 48.3 Å². The Morgan fingerprint density at radius 3 is 2.79 bits per heavy atom. The number of para-hydroxylation sites is 1. The van der Waals surface area contributed by atoms with E-state index in [9.17, 15) is 0 Å². The minimum absolute atomic E-state index is 0.205. The lowest BCUT2D eigenvalue weighted by Gasteiger charge is -2.36. The van der Waals surface area contributed by atoms with Crippen LogP contribution >= 0.6 is 11.6 Å². The zero-order chi connectivity index (χ0) is 19.5. The highest BCUT2D eigenvalue weighted by Gasteiger charge is 2.27. The molecule has 6 heteroatoms. The van der Waals surface area contributed by atoms with Crippen LogP contribution in [0.4, 0.5) is 0 Å². The average molecular weight is 398 g/mol. The monoisotopic (exact) mass is 397 g/mol. The van der Waals surface area contributed by atoms with E-state index in [1.165, 1.54) is 5.56 Å². The number of piperazine rings is 1. The van der Waals surface area contributed by atoms with Gasteiger partial charge in [-0.15, -0.1) is 0 Å². The van der Waals surface area contributed by atoms with Crippen LogP contribution in [-0.2, 0) is 6.54 Å². The second kappa shape index (κ2) is 8.35.